The van der Waals surface area contributed by atoms with Crippen molar-refractivity contribution in [2.24, 2.45) is 11.8 Å². The molecule has 9 nitrogen and oxygen atoms in total. The van der Waals surface area contributed by atoms with Crippen LogP contribution in [0.5, 0.6) is 5.88 Å². The highest BCUT2D eigenvalue weighted by atomic mass is 16.6. The summed E-state index contributed by atoms with van der Waals surface area (Å²) in [5, 5.41) is 10.5. The topological polar surface area (TPSA) is 102 Å². The monoisotopic (exact) mass is 473 g/mol. The summed E-state index contributed by atoms with van der Waals surface area (Å²) in [5.41, 5.74) is 2.67. The minimum absolute atomic E-state index is 0.0242. The molecule has 3 aliphatic rings. The van der Waals surface area contributed by atoms with Crippen molar-refractivity contribution in [1.82, 2.24) is 19.4 Å². The summed E-state index contributed by atoms with van der Waals surface area (Å²) in [4.78, 5) is 23.5. The number of hydrogen-bond acceptors (Lipinski definition) is 7. The van der Waals surface area contributed by atoms with E-state index in [0.717, 1.165) is 29.5 Å². The van der Waals surface area contributed by atoms with Crippen LogP contribution >= 0.6 is 0 Å². The molecule has 6 rings (SSSR count). The molecule has 1 aromatic carbocycles. The van der Waals surface area contributed by atoms with Crippen LogP contribution in [0.3, 0.4) is 0 Å². The largest absolute Gasteiger partial charge is 0.473 e. The Morgan fingerprint density at radius 3 is 2.69 bits per heavy atom. The molecule has 1 saturated carbocycles. The molecule has 1 amide bonds. The summed E-state index contributed by atoms with van der Waals surface area (Å²) in [6.07, 6.45) is 4.87. The lowest BCUT2D eigenvalue weighted by molar-refractivity contribution is -0.111. The van der Waals surface area contributed by atoms with Crippen LogP contribution in [0, 0.1) is 30.1 Å². The van der Waals surface area contributed by atoms with Gasteiger partial charge in [-0.1, -0.05) is 12.1 Å². The van der Waals surface area contributed by atoms with Crippen molar-refractivity contribution in [3.05, 3.63) is 47.9 Å². The van der Waals surface area contributed by atoms with Crippen LogP contribution in [0.1, 0.15) is 30.9 Å². The summed E-state index contributed by atoms with van der Waals surface area (Å²) < 4.78 is 19.9. The third-order valence-electron chi connectivity index (χ3n) is 7.36. The molecule has 3 aromatic rings. The van der Waals surface area contributed by atoms with Crippen LogP contribution in [-0.2, 0) is 9.47 Å². The zero-order valence-corrected chi connectivity index (χ0v) is 19.8. The van der Waals surface area contributed by atoms with Gasteiger partial charge >= 0.3 is 6.09 Å². The molecule has 0 N–H and O–H groups in total. The number of nitrogens with zero attached hydrogens (tertiary/aromatic N) is 5. The van der Waals surface area contributed by atoms with Gasteiger partial charge in [0, 0.05) is 31.1 Å². The Balaban J connectivity index is 1.27. The Bertz CT molecular complexity index is 1330. The van der Waals surface area contributed by atoms with Gasteiger partial charge in [0.1, 0.15) is 24.1 Å². The smallest absolute Gasteiger partial charge is 0.410 e. The second-order valence-corrected chi connectivity index (χ2v) is 10.0. The predicted octanol–water partition coefficient (Wildman–Crippen LogP) is 3.62. The third-order valence-corrected chi connectivity index (χ3v) is 7.36. The number of benzene rings is 1. The van der Waals surface area contributed by atoms with E-state index in [1.54, 1.807) is 4.90 Å². The number of amides is 1. The molecular weight excluding hydrogens is 446 g/mol. The fourth-order valence-electron chi connectivity index (χ4n) is 5.14. The Morgan fingerprint density at radius 1 is 1.20 bits per heavy atom. The summed E-state index contributed by atoms with van der Waals surface area (Å²) in [7, 11) is 0. The van der Waals surface area contributed by atoms with Crippen LogP contribution < -0.4 is 4.74 Å². The summed E-state index contributed by atoms with van der Waals surface area (Å²) in [6, 6.07) is 9.98. The molecule has 1 aliphatic carbocycles. The Hall–Kier alpha value is -3.64. The molecule has 2 aliphatic heterocycles. The molecule has 2 saturated heterocycles. The first-order valence-electron chi connectivity index (χ1n) is 12.0. The van der Waals surface area contributed by atoms with Gasteiger partial charge in [-0.25, -0.2) is 14.8 Å². The molecule has 0 spiro atoms. The molecule has 180 valence electrons. The molecular formula is C26H27N5O4. The van der Waals surface area contributed by atoms with Crippen molar-refractivity contribution in [3.63, 3.8) is 0 Å². The van der Waals surface area contributed by atoms with Gasteiger partial charge in [-0.3, -0.25) is 4.57 Å². The van der Waals surface area contributed by atoms with Crippen molar-refractivity contribution in [3.8, 4) is 17.6 Å². The lowest BCUT2D eigenvalue weighted by atomic mass is 9.84. The molecule has 2 atom stereocenters. The number of aryl methyl sites for hydroxylation is 1. The fourth-order valence-corrected chi connectivity index (χ4v) is 5.14. The zero-order chi connectivity index (χ0) is 24.2. The van der Waals surface area contributed by atoms with E-state index in [1.165, 1.54) is 6.33 Å². The van der Waals surface area contributed by atoms with Crippen molar-refractivity contribution in [1.29, 1.82) is 5.26 Å². The zero-order valence-electron chi connectivity index (χ0n) is 19.8. The average Bonchev–Trinajstić information content (AvgIpc) is 3.39. The first kappa shape index (κ1) is 21.9. The standard InChI is InChI=1S/C26H27N5O4/c1-16-4-3-5-21(20(16)10-27)31-9-6-19-23(31)28-15-29-24(19)34-22-17-11-30(12-18(22)14-33-13-17)25(32)35-26(2)7-8-26/h3-6,9,15,17-18,22H,7-8,11-14H2,1-2H3. The summed E-state index contributed by atoms with van der Waals surface area (Å²) in [6.45, 7) is 6.00. The van der Waals surface area contributed by atoms with Gasteiger partial charge in [-0.05, 0) is 44.4 Å². The second kappa shape index (κ2) is 8.24. The highest BCUT2D eigenvalue weighted by Crippen LogP contribution is 2.40. The van der Waals surface area contributed by atoms with Crippen molar-refractivity contribution >= 4 is 17.1 Å². The number of fused-ring (bicyclic) bond motifs is 3. The second-order valence-electron chi connectivity index (χ2n) is 10.0. The van der Waals surface area contributed by atoms with Crippen LogP contribution in [0.4, 0.5) is 4.79 Å². The van der Waals surface area contributed by atoms with Gasteiger partial charge in [0.25, 0.3) is 0 Å². The molecule has 35 heavy (non-hydrogen) atoms. The van der Waals surface area contributed by atoms with Crippen molar-refractivity contribution in [2.75, 3.05) is 26.3 Å². The van der Waals surface area contributed by atoms with Crippen molar-refractivity contribution < 1.29 is 19.0 Å². The van der Waals surface area contributed by atoms with Crippen molar-refractivity contribution in [2.45, 2.75) is 38.4 Å². The maximum Gasteiger partial charge on any atom is 0.410 e. The quantitative estimate of drug-likeness (QED) is 0.570. The van der Waals surface area contributed by atoms with E-state index in [0.29, 0.717) is 43.4 Å². The number of rotatable bonds is 4. The number of carbonyl (C=O) groups is 1. The Labute approximate surface area is 203 Å². The van der Waals surface area contributed by atoms with Crippen LogP contribution in [0.2, 0.25) is 0 Å². The minimum atomic E-state index is -0.293. The highest BCUT2D eigenvalue weighted by Gasteiger charge is 2.47. The summed E-state index contributed by atoms with van der Waals surface area (Å²) in [5.74, 6) is 0.551. The average molecular weight is 474 g/mol. The normalized spacial score (nSPS) is 24.6. The van der Waals surface area contributed by atoms with Gasteiger partial charge in [-0.15, -0.1) is 0 Å². The molecule has 3 fully saturated rings. The Morgan fingerprint density at radius 2 is 1.97 bits per heavy atom. The van der Waals surface area contributed by atoms with Gasteiger partial charge in [-0.2, -0.15) is 5.26 Å². The fraction of sp³-hybridized carbons (Fsp3) is 0.462. The Kier molecular flexibility index (Phi) is 5.15. The maximum atomic E-state index is 12.7. The van der Waals surface area contributed by atoms with Gasteiger partial charge in [0.05, 0.1) is 29.9 Å². The van der Waals surface area contributed by atoms with Crippen LogP contribution in [0.25, 0.3) is 16.7 Å². The lowest BCUT2D eigenvalue weighted by Crippen LogP contribution is -2.59. The number of hydrogen-bond donors (Lipinski definition) is 0. The molecule has 4 heterocycles. The number of likely N-dealkylation sites (tertiary alicyclic amines) is 1. The number of piperidine rings is 1. The van der Waals surface area contributed by atoms with E-state index in [-0.39, 0.29) is 29.6 Å². The first-order valence-corrected chi connectivity index (χ1v) is 12.0. The maximum absolute atomic E-state index is 12.7. The van der Waals surface area contributed by atoms with Gasteiger partial charge in [0.2, 0.25) is 5.88 Å². The third kappa shape index (κ3) is 3.88. The van der Waals surface area contributed by atoms with Crippen LogP contribution in [-0.4, -0.2) is 63.5 Å². The van der Waals surface area contributed by atoms with Crippen LogP contribution in [0.15, 0.2) is 36.8 Å². The van der Waals surface area contributed by atoms with E-state index >= 15 is 0 Å². The van der Waals surface area contributed by atoms with Gasteiger partial charge in [0.15, 0.2) is 5.65 Å². The highest BCUT2D eigenvalue weighted by molar-refractivity contribution is 5.83. The van der Waals surface area contributed by atoms with E-state index in [9.17, 15) is 10.1 Å². The SMILES string of the molecule is Cc1cccc(-n2ccc3c(OC4C5COCC4CN(C(=O)OC4(C)CC4)C5)ncnc32)c1C#N. The molecule has 2 aromatic heterocycles. The first-order chi connectivity index (χ1) is 17.0. The lowest BCUT2D eigenvalue weighted by Gasteiger charge is -2.46. The van der Waals surface area contributed by atoms with E-state index < -0.39 is 0 Å². The molecule has 9 heteroatoms. The number of carbonyl (C=O) groups excluding carboxylic acids is 1. The minimum Gasteiger partial charge on any atom is -0.473 e. The number of nitriles is 1. The molecule has 2 unspecified atom stereocenters. The van der Waals surface area contributed by atoms with E-state index in [4.69, 9.17) is 14.2 Å². The molecule has 0 radical (unpaired) electrons. The number of aromatic nitrogens is 3. The number of ether oxygens (including phenoxy) is 3. The van der Waals surface area contributed by atoms with E-state index in [2.05, 4.69) is 16.0 Å². The summed E-state index contributed by atoms with van der Waals surface area (Å²) >= 11 is 0. The molecule has 2 bridgehead atoms. The van der Waals surface area contributed by atoms with E-state index in [1.807, 2.05) is 48.9 Å². The predicted molar refractivity (Wildman–Crippen MR) is 126 cm³/mol. The van der Waals surface area contributed by atoms with Gasteiger partial charge < -0.3 is 19.1 Å².